The Labute approximate surface area is 390 Å². The number of Topliss-reactive ketones (excluding diaryl/α,β-unsaturated/α-hetero) is 1. The number of benzene rings is 4. The highest BCUT2D eigenvalue weighted by Gasteiger charge is 2.80. The van der Waals surface area contributed by atoms with E-state index in [1.54, 1.807) is 52.2 Å². The van der Waals surface area contributed by atoms with Crippen LogP contribution in [0.4, 0.5) is 4.39 Å². The quantitative estimate of drug-likeness (QED) is 0.158. The number of aliphatic carboxylic acids is 1. The van der Waals surface area contributed by atoms with Crippen molar-refractivity contribution in [3.63, 3.8) is 0 Å². The van der Waals surface area contributed by atoms with E-state index in [2.05, 4.69) is 44.2 Å². The van der Waals surface area contributed by atoms with Gasteiger partial charge >= 0.3 is 5.97 Å². The molecule has 0 spiro atoms. The summed E-state index contributed by atoms with van der Waals surface area (Å²) in [7, 11) is 1.70. The van der Waals surface area contributed by atoms with Gasteiger partial charge in [-0.2, -0.15) is 0 Å². The average Bonchev–Trinajstić information content (AvgIpc) is 3.67. The first kappa shape index (κ1) is 48.5. The molecule has 3 saturated carbocycles. The average molecular weight is 930 g/mol. The monoisotopic (exact) mass is 928 g/mol. The molecule has 1 saturated heterocycles. The number of carbonyl (C=O) groups is 3. The van der Waals surface area contributed by atoms with Gasteiger partial charge in [-0.1, -0.05) is 110 Å². The number of carboxylic acid groups (broad SMARTS) is 1. The zero-order chi connectivity index (χ0) is 47.3. The summed E-state index contributed by atoms with van der Waals surface area (Å²) in [5.41, 5.74) is -0.741. The number of aliphatic hydroxyl groups excluding tert-OH is 2. The molecule has 4 unspecified atom stereocenters. The molecule has 4 fully saturated rings. The molecule has 8 atom stereocenters. The maximum absolute atomic E-state index is 17.1. The molecule has 0 aromatic heterocycles. The zero-order valence-electron chi connectivity index (χ0n) is 38.0. The zero-order valence-corrected chi connectivity index (χ0v) is 39.5. The lowest BCUT2D eigenvalue weighted by Crippen LogP contribution is -2.70. The topological polar surface area (TPSA) is 140 Å². The van der Waals surface area contributed by atoms with Crippen molar-refractivity contribution in [2.75, 3.05) is 13.7 Å². The Morgan fingerprint density at radius 2 is 1.58 bits per heavy atom. The van der Waals surface area contributed by atoms with E-state index >= 15 is 4.39 Å². The second-order valence-electron chi connectivity index (χ2n) is 19.3. The highest BCUT2D eigenvalue weighted by molar-refractivity contribution is 6.36. The van der Waals surface area contributed by atoms with E-state index in [4.69, 9.17) is 42.5 Å². The van der Waals surface area contributed by atoms with Crippen molar-refractivity contribution in [3.05, 3.63) is 135 Å². The van der Waals surface area contributed by atoms with Crippen molar-refractivity contribution in [2.24, 2.45) is 22.7 Å². The Kier molecular flexibility index (Phi) is 13.7. The Bertz CT molecular complexity index is 2530. The lowest BCUT2D eigenvalue weighted by Gasteiger charge is -2.62. The number of allylic oxidation sites excluding steroid dienone is 4. The predicted molar refractivity (Wildman–Crippen MR) is 250 cm³/mol. The van der Waals surface area contributed by atoms with Crippen molar-refractivity contribution in [1.82, 2.24) is 0 Å². The Hall–Kier alpha value is -4.42. The maximum Gasteiger partial charge on any atom is 0.307 e. The number of hydrogen-bond acceptors (Lipinski definition) is 8. The van der Waals surface area contributed by atoms with Crippen LogP contribution in [0.2, 0.25) is 10.0 Å². The summed E-state index contributed by atoms with van der Waals surface area (Å²) in [6.45, 7) is 10.8. The molecule has 0 amide bonds. The van der Waals surface area contributed by atoms with Gasteiger partial charge in [0.05, 0.1) is 25.7 Å². The molecule has 0 bridgehead atoms. The van der Waals surface area contributed by atoms with Gasteiger partial charge in [0.15, 0.2) is 28.6 Å². The van der Waals surface area contributed by atoms with Crippen LogP contribution in [-0.4, -0.2) is 75.8 Å². The second-order valence-corrected chi connectivity index (χ2v) is 20.1. The number of rotatable bonds is 8. The minimum atomic E-state index is -1.98. The molecule has 9 nitrogen and oxygen atoms in total. The van der Waals surface area contributed by atoms with E-state index < -0.39 is 64.4 Å². The number of alkyl halides is 1. The van der Waals surface area contributed by atoms with E-state index in [0.29, 0.717) is 41.6 Å². The van der Waals surface area contributed by atoms with Crippen LogP contribution >= 0.6 is 23.2 Å². The van der Waals surface area contributed by atoms with E-state index in [-0.39, 0.29) is 24.5 Å². The number of ketones is 2. The van der Waals surface area contributed by atoms with Crippen LogP contribution in [0.1, 0.15) is 95.4 Å². The van der Waals surface area contributed by atoms with Crippen molar-refractivity contribution in [1.29, 1.82) is 0 Å². The molecule has 4 aromatic carbocycles. The molecule has 346 valence electrons. The van der Waals surface area contributed by atoms with Crippen LogP contribution in [0.15, 0.2) is 103 Å². The molecule has 1 heterocycles. The number of methoxy groups -OCH3 is 1. The summed E-state index contributed by atoms with van der Waals surface area (Å²) < 4.78 is 34.7. The second kappa shape index (κ2) is 18.3. The number of hydrogen-bond donors (Lipinski definition) is 3. The molecule has 4 aromatic rings. The molecule has 1 aliphatic heterocycles. The van der Waals surface area contributed by atoms with Gasteiger partial charge in [-0.3, -0.25) is 14.4 Å². The van der Waals surface area contributed by atoms with Gasteiger partial charge in [0.25, 0.3) is 0 Å². The van der Waals surface area contributed by atoms with Gasteiger partial charge in [0.2, 0.25) is 0 Å². The maximum atomic E-state index is 17.1. The number of ether oxygens (including phenoxy) is 3. The van der Waals surface area contributed by atoms with Crippen molar-refractivity contribution in [3.8, 4) is 5.75 Å². The molecular weight excluding hydrogens is 870 g/mol. The molecule has 3 N–H and O–H groups in total. The number of fused-ring (bicyclic) bond motifs is 8. The number of halogens is 3. The van der Waals surface area contributed by atoms with Crippen molar-refractivity contribution < 1.29 is 48.3 Å². The lowest BCUT2D eigenvalue weighted by atomic mass is 9.44. The Morgan fingerprint density at radius 1 is 0.923 bits per heavy atom. The van der Waals surface area contributed by atoms with Gasteiger partial charge in [-0.25, -0.2) is 4.39 Å². The minimum absolute atomic E-state index is 0.00174. The van der Waals surface area contributed by atoms with Gasteiger partial charge in [-0.05, 0) is 128 Å². The van der Waals surface area contributed by atoms with Crippen LogP contribution in [-0.2, 0) is 36.7 Å². The van der Waals surface area contributed by atoms with E-state index in [1.165, 1.54) is 28.5 Å². The van der Waals surface area contributed by atoms with Gasteiger partial charge in [0.1, 0.15) is 12.4 Å². The van der Waals surface area contributed by atoms with Gasteiger partial charge in [-0.15, -0.1) is 0 Å². The highest BCUT2D eigenvalue weighted by atomic mass is 35.5. The lowest BCUT2D eigenvalue weighted by molar-refractivity contribution is -0.246. The summed E-state index contributed by atoms with van der Waals surface area (Å²) in [6, 6.07) is 25.6. The third-order valence-electron chi connectivity index (χ3n) is 14.8. The predicted octanol–water partition coefficient (Wildman–Crippen LogP) is 10.6. The molecule has 4 aliphatic carbocycles. The molecule has 0 radical (unpaired) electrons. The van der Waals surface area contributed by atoms with E-state index in [0.717, 1.165) is 28.0 Å². The van der Waals surface area contributed by atoms with Gasteiger partial charge < -0.3 is 29.5 Å². The number of carbonyl (C=O) groups excluding carboxylic acids is 2. The smallest absolute Gasteiger partial charge is 0.307 e. The molecule has 5 aliphatic rings. The van der Waals surface area contributed by atoms with Crippen LogP contribution in [0.25, 0.3) is 10.8 Å². The summed E-state index contributed by atoms with van der Waals surface area (Å²) in [6.07, 6.45) is 4.53. The van der Waals surface area contributed by atoms with Crippen molar-refractivity contribution in [2.45, 2.75) is 115 Å². The van der Waals surface area contributed by atoms with E-state index in [9.17, 15) is 24.6 Å². The molecular formula is C53H59Cl2FO9. The largest absolute Gasteiger partial charge is 0.497 e. The first-order chi connectivity index (χ1) is 30.6. The normalized spacial score (nSPS) is 30.4. The van der Waals surface area contributed by atoms with Crippen LogP contribution in [0, 0.1) is 22.7 Å². The van der Waals surface area contributed by atoms with E-state index in [1.807, 2.05) is 37.3 Å². The van der Waals surface area contributed by atoms with Crippen LogP contribution in [0.5, 0.6) is 5.75 Å². The van der Waals surface area contributed by atoms with Crippen LogP contribution < -0.4 is 4.74 Å². The molecule has 9 rings (SSSR count). The summed E-state index contributed by atoms with van der Waals surface area (Å²) in [5, 5.41) is 33.8. The number of aliphatic hydroxyl groups is 2. The Morgan fingerprint density at radius 3 is 2.23 bits per heavy atom. The summed E-state index contributed by atoms with van der Waals surface area (Å²) in [5.74, 6) is -1.81. The van der Waals surface area contributed by atoms with Crippen molar-refractivity contribution >= 4 is 51.5 Å². The SMILES string of the molecule is CC1(C)OC2CC3C4CCC5=CC(=O)C=C[C@]5(C)[C@@]4(F)[C@@H](O)C[C@]3(C)C2(C(=O)CO)O1.COc1ccc2cc(C(C)C)ccc2c1.O=C(O)Cc1ccccc1Cc1c(Cl)cccc1Cl. The Balaban J connectivity index is 0.000000158. The third kappa shape index (κ3) is 8.60. The first-order valence-electron chi connectivity index (χ1n) is 22.3. The number of carboxylic acids is 1. The molecule has 12 heteroatoms. The fourth-order valence-corrected chi connectivity index (χ4v) is 12.1. The fourth-order valence-electron chi connectivity index (χ4n) is 11.6. The standard InChI is InChI=1S/C24H31FO6.C15H12Cl2O2.C14H16O/c1-20(2)30-19-10-16-15-6-5-13-9-14(27)7-8-21(13,3)23(15,25)17(28)11-22(16,4)24(19,31-20)18(29)12-26;16-13-6-3-7-14(17)12(13)8-10-4-1-2-5-11(10)9-15(18)19;1-10(2)11-4-5-13-9-14(15-3)7-6-12(13)8-11/h7-9,15-17,19,26,28H,5-6,10-12H2,1-4H3;1-7H,8-9H2,(H,18,19);4-10H,1-3H3/t15?,16?,17-,19?,21-,22-,23-,24?;;/m0../s1. The minimum Gasteiger partial charge on any atom is -0.497 e. The third-order valence-corrected chi connectivity index (χ3v) is 15.5. The summed E-state index contributed by atoms with van der Waals surface area (Å²) in [4.78, 5) is 35.9. The van der Waals surface area contributed by atoms with Crippen LogP contribution in [0.3, 0.4) is 0 Å². The molecule has 65 heavy (non-hydrogen) atoms. The fraction of sp³-hybridized carbons (Fsp3) is 0.453. The van der Waals surface area contributed by atoms with Gasteiger partial charge in [0, 0.05) is 33.2 Å². The first-order valence-corrected chi connectivity index (χ1v) is 23.0. The highest BCUT2D eigenvalue weighted by Crippen LogP contribution is 2.72. The summed E-state index contributed by atoms with van der Waals surface area (Å²) >= 11 is 12.3.